The number of para-hydroxylation sites is 4. The van der Waals surface area contributed by atoms with Crippen LogP contribution in [0.3, 0.4) is 0 Å². The topological polar surface area (TPSA) is 11.4 Å². The lowest BCUT2D eigenvalue weighted by atomic mass is 10.1. The van der Waals surface area contributed by atoms with Crippen molar-refractivity contribution in [3.05, 3.63) is 158 Å². The van der Waals surface area contributed by atoms with Crippen molar-refractivity contribution in [1.82, 2.24) is 4.57 Å². The van der Waals surface area contributed by atoms with Crippen LogP contribution in [0.5, 0.6) is 0 Å². The zero-order valence-corrected chi connectivity index (χ0v) is 23.9. The van der Waals surface area contributed by atoms with Crippen molar-refractivity contribution in [3.8, 4) is 0 Å². The molecule has 6 aromatic carbocycles. The third-order valence-corrected chi connectivity index (χ3v) is 7.86. The first-order chi connectivity index (χ1) is 20.7. The lowest BCUT2D eigenvalue weighted by Crippen LogP contribution is -2.09. The highest BCUT2D eigenvalue weighted by atomic mass is 15.1. The average Bonchev–Trinajstić information content (AvgIpc) is 3.37. The van der Waals surface area contributed by atoms with Crippen LogP contribution in [-0.2, 0) is 0 Å². The van der Waals surface area contributed by atoms with Gasteiger partial charge in [-0.2, -0.15) is 0 Å². The predicted octanol–water partition coefficient (Wildman–Crippen LogP) is 11.3. The highest BCUT2D eigenvalue weighted by Crippen LogP contribution is 2.42. The molecule has 1 aromatic heterocycles. The molecule has 3 heteroatoms. The fraction of sp³-hybridized carbons (Fsp3) is 0.0769. The van der Waals surface area contributed by atoms with Crippen LogP contribution in [-0.4, -0.2) is 4.57 Å². The Kier molecular flexibility index (Phi) is 6.69. The second kappa shape index (κ2) is 10.9. The minimum absolute atomic E-state index is 0.320. The lowest BCUT2D eigenvalue weighted by Gasteiger charge is -2.26. The van der Waals surface area contributed by atoms with Gasteiger partial charge in [-0.3, -0.25) is 0 Å². The number of hydrogen-bond acceptors (Lipinski definition) is 2. The van der Waals surface area contributed by atoms with Crippen LogP contribution in [0.15, 0.2) is 158 Å². The molecule has 0 N–H and O–H groups in total. The number of fused-ring (bicyclic) bond motifs is 3. The zero-order chi connectivity index (χ0) is 28.5. The second-order valence-corrected chi connectivity index (χ2v) is 10.9. The number of nitrogens with zero attached hydrogens (tertiary/aromatic N) is 3. The maximum atomic E-state index is 2.46. The van der Waals surface area contributed by atoms with Crippen molar-refractivity contribution < 1.29 is 0 Å². The number of aromatic nitrogens is 1. The molecule has 0 unspecified atom stereocenters. The Bertz CT molecular complexity index is 1720. The fourth-order valence-electron chi connectivity index (χ4n) is 6.07. The third kappa shape index (κ3) is 4.59. The van der Waals surface area contributed by atoms with E-state index in [4.69, 9.17) is 0 Å². The van der Waals surface area contributed by atoms with E-state index in [1.54, 1.807) is 0 Å². The summed E-state index contributed by atoms with van der Waals surface area (Å²) in [6.07, 6.45) is 0. The van der Waals surface area contributed by atoms with Crippen LogP contribution < -0.4 is 9.80 Å². The van der Waals surface area contributed by atoms with Gasteiger partial charge in [-0.15, -0.1) is 0 Å². The Morgan fingerprint density at radius 2 is 0.690 bits per heavy atom. The van der Waals surface area contributed by atoms with Crippen molar-refractivity contribution >= 4 is 55.9 Å². The van der Waals surface area contributed by atoms with E-state index in [0.717, 1.165) is 34.1 Å². The molecule has 0 fully saturated rings. The third-order valence-electron chi connectivity index (χ3n) is 7.86. The van der Waals surface area contributed by atoms with E-state index < -0.39 is 0 Å². The van der Waals surface area contributed by atoms with E-state index in [9.17, 15) is 0 Å². The summed E-state index contributed by atoms with van der Waals surface area (Å²) in [6, 6.07) is 56.5. The second-order valence-electron chi connectivity index (χ2n) is 10.9. The molecule has 42 heavy (non-hydrogen) atoms. The van der Waals surface area contributed by atoms with Gasteiger partial charge in [0, 0.05) is 62.0 Å². The van der Waals surface area contributed by atoms with Crippen molar-refractivity contribution in [1.29, 1.82) is 0 Å². The van der Waals surface area contributed by atoms with Gasteiger partial charge < -0.3 is 14.4 Å². The first kappa shape index (κ1) is 25.7. The molecule has 3 nitrogen and oxygen atoms in total. The van der Waals surface area contributed by atoms with Gasteiger partial charge in [-0.05, 0) is 98.8 Å². The summed E-state index contributed by atoms with van der Waals surface area (Å²) in [5, 5.41) is 2.49. The van der Waals surface area contributed by atoms with E-state index in [-0.39, 0.29) is 0 Å². The molecule has 0 aliphatic carbocycles. The minimum atomic E-state index is 0.320. The van der Waals surface area contributed by atoms with Crippen molar-refractivity contribution in [2.45, 2.75) is 19.9 Å². The average molecular weight is 544 g/mol. The molecule has 0 radical (unpaired) electrons. The normalized spacial score (nSPS) is 11.3. The van der Waals surface area contributed by atoms with Crippen LogP contribution in [0, 0.1) is 0 Å². The largest absolute Gasteiger partial charge is 0.338 e. The Morgan fingerprint density at radius 3 is 0.976 bits per heavy atom. The van der Waals surface area contributed by atoms with E-state index in [0.29, 0.717) is 6.04 Å². The monoisotopic (exact) mass is 543 g/mol. The molecule has 0 bridgehead atoms. The Labute approximate surface area is 247 Å². The standard InChI is InChI=1S/C39H33N3/c1-29(2)40-38-25-23-34(41(30-15-7-3-8-16-30)31-17-9-4-10-18-31)27-36(38)37-28-35(24-26-39(37)40)42(32-19-11-5-12-20-32)33-21-13-6-14-22-33/h3-29H,1-2H3. The number of hydrogen-bond donors (Lipinski definition) is 0. The van der Waals surface area contributed by atoms with Crippen molar-refractivity contribution in [3.63, 3.8) is 0 Å². The summed E-state index contributed by atoms with van der Waals surface area (Å²) in [5.41, 5.74) is 9.30. The molecule has 0 saturated heterocycles. The molecule has 0 aliphatic rings. The molecular formula is C39H33N3. The van der Waals surface area contributed by atoms with Crippen LogP contribution in [0.2, 0.25) is 0 Å². The van der Waals surface area contributed by atoms with Crippen molar-refractivity contribution in [2.24, 2.45) is 0 Å². The highest BCUT2D eigenvalue weighted by Gasteiger charge is 2.19. The van der Waals surface area contributed by atoms with Gasteiger partial charge in [0.2, 0.25) is 0 Å². The van der Waals surface area contributed by atoms with E-state index >= 15 is 0 Å². The molecule has 0 saturated carbocycles. The molecule has 0 aliphatic heterocycles. The Balaban J connectivity index is 1.46. The maximum absolute atomic E-state index is 2.46. The van der Waals surface area contributed by atoms with Gasteiger partial charge >= 0.3 is 0 Å². The van der Waals surface area contributed by atoms with Crippen LogP contribution in [0.25, 0.3) is 21.8 Å². The van der Waals surface area contributed by atoms with Gasteiger partial charge in [0.05, 0.1) is 0 Å². The first-order valence-electron chi connectivity index (χ1n) is 14.6. The van der Waals surface area contributed by atoms with E-state index in [1.165, 1.54) is 21.8 Å². The molecular weight excluding hydrogens is 510 g/mol. The number of anilines is 6. The smallest absolute Gasteiger partial charge is 0.0495 e. The van der Waals surface area contributed by atoms with Gasteiger partial charge in [-0.25, -0.2) is 0 Å². The molecule has 1 heterocycles. The summed E-state index contributed by atoms with van der Waals surface area (Å²) in [5.74, 6) is 0. The maximum Gasteiger partial charge on any atom is 0.0495 e. The van der Waals surface area contributed by atoms with Gasteiger partial charge in [-0.1, -0.05) is 72.8 Å². The van der Waals surface area contributed by atoms with Gasteiger partial charge in [0.25, 0.3) is 0 Å². The van der Waals surface area contributed by atoms with Gasteiger partial charge in [0.1, 0.15) is 0 Å². The highest BCUT2D eigenvalue weighted by molar-refractivity contribution is 6.11. The predicted molar refractivity (Wildman–Crippen MR) is 179 cm³/mol. The summed E-state index contributed by atoms with van der Waals surface area (Å²) in [4.78, 5) is 4.67. The quantitative estimate of drug-likeness (QED) is 0.198. The minimum Gasteiger partial charge on any atom is -0.338 e. The van der Waals surface area contributed by atoms with E-state index in [2.05, 4.69) is 186 Å². The molecule has 0 amide bonds. The van der Waals surface area contributed by atoms with Crippen molar-refractivity contribution in [2.75, 3.05) is 9.80 Å². The SMILES string of the molecule is CC(C)n1c2ccc(N(c3ccccc3)c3ccccc3)cc2c2cc(N(c3ccccc3)c3ccccc3)ccc21. The summed E-state index contributed by atoms with van der Waals surface area (Å²) < 4.78 is 2.46. The van der Waals surface area contributed by atoms with E-state index in [1.807, 2.05) is 0 Å². The molecule has 0 spiro atoms. The van der Waals surface area contributed by atoms with Gasteiger partial charge in [0.15, 0.2) is 0 Å². The summed E-state index contributed by atoms with van der Waals surface area (Å²) in [7, 11) is 0. The fourth-order valence-corrected chi connectivity index (χ4v) is 6.07. The molecule has 0 atom stereocenters. The number of benzene rings is 6. The van der Waals surface area contributed by atoms with Crippen LogP contribution in [0.1, 0.15) is 19.9 Å². The Morgan fingerprint density at radius 1 is 0.381 bits per heavy atom. The molecule has 7 rings (SSSR count). The summed E-state index contributed by atoms with van der Waals surface area (Å²) >= 11 is 0. The summed E-state index contributed by atoms with van der Waals surface area (Å²) in [6.45, 7) is 4.53. The number of rotatable bonds is 7. The first-order valence-corrected chi connectivity index (χ1v) is 14.6. The van der Waals surface area contributed by atoms with Crippen LogP contribution in [0.4, 0.5) is 34.1 Å². The molecule has 7 aromatic rings. The zero-order valence-electron chi connectivity index (χ0n) is 23.9. The van der Waals surface area contributed by atoms with Crippen LogP contribution >= 0.6 is 0 Å². The Hall–Kier alpha value is -5.28. The molecule has 204 valence electrons. The lowest BCUT2D eigenvalue weighted by molar-refractivity contribution is 0.642.